The average Bonchev–Trinajstić information content (AvgIpc) is 2.56. The van der Waals surface area contributed by atoms with Gasteiger partial charge in [-0.1, -0.05) is 12.1 Å². The van der Waals surface area contributed by atoms with Crippen LogP contribution in [0.4, 0.5) is 0 Å². The molecule has 0 amide bonds. The zero-order chi connectivity index (χ0) is 9.97. The van der Waals surface area contributed by atoms with E-state index < -0.39 is 0 Å². The van der Waals surface area contributed by atoms with Crippen LogP contribution in [0.5, 0.6) is 0 Å². The van der Waals surface area contributed by atoms with Crippen LogP contribution in [-0.2, 0) is 6.54 Å². The number of hydrogen-bond donors (Lipinski definition) is 1. The molecule has 0 radical (unpaired) electrons. The highest BCUT2D eigenvalue weighted by molar-refractivity contribution is 14.1. The number of likely N-dealkylation sites (tertiary alicyclic amines) is 1. The highest BCUT2D eigenvalue weighted by Crippen LogP contribution is 2.14. The lowest BCUT2D eigenvalue weighted by molar-refractivity contribution is 0.175. The number of rotatable bonds is 2. The van der Waals surface area contributed by atoms with E-state index in [9.17, 15) is 5.11 Å². The Morgan fingerprint density at radius 2 is 2.07 bits per heavy atom. The number of aliphatic hydroxyl groups excluding tert-OH is 1. The first-order valence-corrected chi connectivity index (χ1v) is 5.97. The minimum absolute atomic E-state index is 0.112. The Labute approximate surface area is 98.1 Å². The summed E-state index contributed by atoms with van der Waals surface area (Å²) >= 11 is 2.31. The second kappa shape index (κ2) is 4.59. The maximum Gasteiger partial charge on any atom is 0.0679 e. The molecule has 1 atom stereocenters. The molecule has 1 aliphatic rings. The SMILES string of the molecule is OC1CCN(Cc2ccc(I)cc2)C1. The first-order valence-electron chi connectivity index (χ1n) is 4.89. The van der Waals surface area contributed by atoms with Gasteiger partial charge >= 0.3 is 0 Å². The fourth-order valence-electron chi connectivity index (χ4n) is 1.80. The fourth-order valence-corrected chi connectivity index (χ4v) is 2.16. The highest BCUT2D eigenvalue weighted by Gasteiger charge is 2.19. The summed E-state index contributed by atoms with van der Waals surface area (Å²) in [5.74, 6) is 0. The Balaban J connectivity index is 1.94. The molecule has 3 heteroatoms. The summed E-state index contributed by atoms with van der Waals surface area (Å²) in [6, 6.07) is 8.57. The minimum atomic E-state index is -0.112. The van der Waals surface area contributed by atoms with E-state index in [-0.39, 0.29) is 6.10 Å². The van der Waals surface area contributed by atoms with E-state index in [0.717, 1.165) is 26.1 Å². The summed E-state index contributed by atoms with van der Waals surface area (Å²) in [4.78, 5) is 2.30. The molecule has 0 bridgehead atoms. The van der Waals surface area contributed by atoms with E-state index in [0.29, 0.717) is 0 Å². The van der Waals surface area contributed by atoms with Gasteiger partial charge in [-0.25, -0.2) is 0 Å². The van der Waals surface area contributed by atoms with Gasteiger partial charge in [-0.2, -0.15) is 0 Å². The third-order valence-electron chi connectivity index (χ3n) is 2.57. The molecule has 1 saturated heterocycles. The van der Waals surface area contributed by atoms with Crippen molar-refractivity contribution in [1.82, 2.24) is 4.90 Å². The predicted molar refractivity (Wildman–Crippen MR) is 65.1 cm³/mol. The lowest BCUT2D eigenvalue weighted by Gasteiger charge is -2.14. The second-order valence-electron chi connectivity index (χ2n) is 3.80. The molecule has 14 heavy (non-hydrogen) atoms. The lowest BCUT2D eigenvalue weighted by atomic mass is 10.2. The van der Waals surface area contributed by atoms with Gasteiger partial charge in [0.1, 0.15) is 0 Å². The molecular formula is C11H14INO. The van der Waals surface area contributed by atoms with Crippen LogP contribution in [0.1, 0.15) is 12.0 Å². The topological polar surface area (TPSA) is 23.5 Å². The molecule has 1 aromatic carbocycles. The van der Waals surface area contributed by atoms with E-state index in [1.54, 1.807) is 0 Å². The van der Waals surface area contributed by atoms with Crippen molar-refractivity contribution < 1.29 is 5.11 Å². The van der Waals surface area contributed by atoms with Gasteiger partial charge in [-0.3, -0.25) is 4.90 Å². The zero-order valence-corrected chi connectivity index (χ0v) is 10.1. The summed E-state index contributed by atoms with van der Waals surface area (Å²) in [6.45, 7) is 2.81. The second-order valence-corrected chi connectivity index (χ2v) is 5.05. The number of hydrogen-bond acceptors (Lipinski definition) is 2. The number of β-amino-alcohol motifs (C(OH)–C–C–N with tert-alkyl or cyclic N) is 1. The first-order chi connectivity index (χ1) is 6.74. The molecule has 2 nitrogen and oxygen atoms in total. The van der Waals surface area contributed by atoms with Crippen LogP contribution in [0.3, 0.4) is 0 Å². The van der Waals surface area contributed by atoms with Crippen LogP contribution in [0.15, 0.2) is 24.3 Å². The third kappa shape index (κ3) is 2.68. The molecule has 1 N–H and O–H groups in total. The molecule has 76 valence electrons. The molecule has 0 spiro atoms. The maximum atomic E-state index is 9.38. The highest BCUT2D eigenvalue weighted by atomic mass is 127. The summed E-state index contributed by atoms with van der Waals surface area (Å²) < 4.78 is 1.27. The maximum absolute atomic E-state index is 9.38. The predicted octanol–water partition coefficient (Wildman–Crippen LogP) is 1.86. The van der Waals surface area contributed by atoms with E-state index >= 15 is 0 Å². The molecule has 1 fully saturated rings. The van der Waals surface area contributed by atoms with Gasteiger partial charge in [0.2, 0.25) is 0 Å². The van der Waals surface area contributed by atoms with Gasteiger partial charge in [0, 0.05) is 23.2 Å². The van der Waals surface area contributed by atoms with Gasteiger partial charge in [0.05, 0.1) is 6.10 Å². The van der Waals surface area contributed by atoms with Crippen molar-refractivity contribution in [3.8, 4) is 0 Å². The summed E-state index contributed by atoms with van der Waals surface area (Å²) in [7, 11) is 0. The first kappa shape index (κ1) is 10.4. The fraction of sp³-hybridized carbons (Fsp3) is 0.455. The van der Waals surface area contributed by atoms with Gasteiger partial charge < -0.3 is 5.11 Å². The Kier molecular flexibility index (Phi) is 3.41. The normalized spacial score (nSPS) is 22.9. The molecule has 1 heterocycles. The molecule has 0 aliphatic carbocycles. The van der Waals surface area contributed by atoms with Crippen molar-refractivity contribution in [2.24, 2.45) is 0 Å². The number of halogens is 1. The molecule has 0 aromatic heterocycles. The Bertz CT molecular complexity index is 299. The number of aliphatic hydroxyl groups is 1. The van der Waals surface area contributed by atoms with Crippen molar-refractivity contribution >= 4 is 22.6 Å². The molecule has 1 aliphatic heterocycles. The molecule has 0 saturated carbocycles. The summed E-state index contributed by atoms with van der Waals surface area (Å²) in [5.41, 5.74) is 1.33. The number of nitrogens with zero attached hydrogens (tertiary/aromatic N) is 1. The van der Waals surface area contributed by atoms with Crippen molar-refractivity contribution in [2.45, 2.75) is 19.1 Å². The van der Waals surface area contributed by atoms with E-state index in [1.165, 1.54) is 9.13 Å². The third-order valence-corrected chi connectivity index (χ3v) is 3.29. The van der Waals surface area contributed by atoms with Crippen LogP contribution >= 0.6 is 22.6 Å². The van der Waals surface area contributed by atoms with Crippen molar-refractivity contribution in [3.05, 3.63) is 33.4 Å². The summed E-state index contributed by atoms with van der Waals surface area (Å²) in [5, 5.41) is 9.38. The molecule has 1 unspecified atom stereocenters. The smallest absolute Gasteiger partial charge is 0.0679 e. The van der Waals surface area contributed by atoms with E-state index in [4.69, 9.17) is 0 Å². The van der Waals surface area contributed by atoms with Crippen LogP contribution < -0.4 is 0 Å². The average molecular weight is 303 g/mol. The van der Waals surface area contributed by atoms with Gasteiger partial charge in [0.25, 0.3) is 0 Å². The Morgan fingerprint density at radius 3 is 2.64 bits per heavy atom. The van der Waals surface area contributed by atoms with Crippen molar-refractivity contribution in [1.29, 1.82) is 0 Å². The van der Waals surface area contributed by atoms with Crippen molar-refractivity contribution in [2.75, 3.05) is 13.1 Å². The number of benzene rings is 1. The van der Waals surface area contributed by atoms with Gasteiger partial charge in [-0.15, -0.1) is 0 Å². The van der Waals surface area contributed by atoms with Crippen molar-refractivity contribution in [3.63, 3.8) is 0 Å². The largest absolute Gasteiger partial charge is 0.392 e. The Morgan fingerprint density at radius 1 is 1.36 bits per heavy atom. The quantitative estimate of drug-likeness (QED) is 0.843. The molecule has 2 rings (SSSR count). The molecule has 1 aromatic rings. The van der Waals surface area contributed by atoms with E-state index in [1.807, 2.05) is 0 Å². The van der Waals surface area contributed by atoms with Crippen LogP contribution in [-0.4, -0.2) is 29.2 Å². The molecular weight excluding hydrogens is 289 g/mol. The monoisotopic (exact) mass is 303 g/mol. The van der Waals surface area contributed by atoms with Crippen LogP contribution in [0.25, 0.3) is 0 Å². The minimum Gasteiger partial charge on any atom is -0.392 e. The van der Waals surface area contributed by atoms with Crippen LogP contribution in [0.2, 0.25) is 0 Å². The standard InChI is InChI=1S/C11H14INO/c12-10-3-1-9(2-4-10)7-13-6-5-11(14)8-13/h1-4,11,14H,5-8H2. The Hall–Kier alpha value is -0.130. The summed E-state index contributed by atoms with van der Waals surface area (Å²) in [6.07, 6.45) is 0.809. The van der Waals surface area contributed by atoms with Gasteiger partial charge in [-0.05, 0) is 46.7 Å². The van der Waals surface area contributed by atoms with Gasteiger partial charge in [0.15, 0.2) is 0 Å². The zero-order valence-electron chi connectivity index (χ0n) is 7.99. The van der Waals surface area contributed by atoms with Crippen LogP contribution in [0, 0.1) is 3.57 Å². The lowest BCUT2D eigenvalue weighted by Crippen LogP contribution is -2.21. The van der Waals surface area contributed by atoms with E-state index in [2.05, 4.69) is 51.8 Å².